The first-order valence-corrected chi connectivity index (χ1v) is 5.08. The van der Waals surface area contributed by atoms with E-state index in [9.17, 15) is 9.59 Å². The molecular formula is C8H12Cl2O8. The van der Waals surface area contributed by atoms with E-state index in [1.807, 2.05) is 0 Å². The number of hydrogen-bond acceptors (Lipinski definition) is 7. The molecule has 0 fully saturated rings. The first-order chi connectivity index (χ1) is 8.02. The topological polar surface area (TPSA) is 152 Å². The first-order valence-electron chi connectivity index (χ1n) is 4.32. The zero-order valence-electron chi connectivity index (χ0n) is 9.03. The Balaban J connectivity index is 0. The lowest BCUT2D eigenvalue weighted by atomic mass is 10.0. The van der Waals surface area contributed by atoms with Gasteiger partial charge in [-0.2, -0.15) is 0 Å². The second-order valence-electron chi connectivity index (χ2n) is 3.00. The van der Waals surface area contributed by atoms with Crippen LogP contribution in [0, 0.1) is 0 Å². The maximum absolute atomic E-state index is 10.3. The van der Waals surface area contributed by atoms with Crippen LogP contribution in [-0.4, -0.2) is 66.4 Å². The molecule has 0 aliphatic rings. The smallest absolute Gasteiger partial charge is 0.300 e. The number of rotatable bonds is 5. The van der Waals surface area contributed by atoms with Gasteiger partial charge in [0.25, 0.3) is 16.5 Å². The summed E-state index contributed by atoms with van der Waals surface area (Å²) in [5.74, 6) is -0.833. The van der Waals surface area contributed by atoms with Gasteiger partial charge < -0.3 is 25.5 Å². The predicted octanol–water partition coefficient (Wildman–Crippen LogP) is -1.95. The average molecular weight is 307 g/mol. The van der Waals surface area contributed by atoms with Crippen molar-refractivity contribution in [3.05, 3.63) is 0 Å². The minimum atomic E-state index is -2.10. The predicted molar refractivity (Wildman–Crippen MR) is 59.1 cm³/mol. The molecule has 18 heavy (non-hydrogen) atoms. The van der Waals surface area contributed by atoms with Crippen molar-refractivity contribution in [3.8, 4) is 0 Å². The molecule has 0 radical (unpaired) electrons. The van der Waals surface area contributed by atoms with Crippen LogP contribution in [0.4, 0.5) is 0 Å². The number of carbonyl (C=O) groups excluding carboxylic acids is 2. The molecule has 0 heterocycles. The summed E-state index contributed by atoms with van der Waals surface area (Å²) in [7, 11) is 0. The zero-order chi connectivity index (χ0) is 15.0. The van der Waals surface area contributed by atoms with Crippen LogP contribution in [0.5, 0.6) is 0 Å². The molecule has 0 aliphatic heterocycles. The van der Waals surface area contributed by atoms with Crippen molar-refractivity contribution >= 4 is 39.7 Å². The summed E-state index contributed by atoms with van der Waals surface area (Å²) >= 11 is 9.58. The van der Waals surface area contributed by atoms with Gasteiger partial charge in [-0.3, -0.25) is 14.4 Å². The van der Waals surface area contributed by atoms with E-state index in [2.05, 4.69) is 0 Å². The molecule has 0 spiro atoms. The van der Waals surface area contributed by atoms with E-state index in [1.54, 1.807) is 0 Å². The second-order valence-corrected chi connectivity index (χ2v) is 3.74. The number of carboxylic acids is 1. The lowest BCUT2D eigenvalue weighted by Crippen LogP contribution is -2.48. The van der Waals surface area contributed by atoms with E-state index in [0.29, 0.717) is 0 Å². The van der Waals surface area contributed by atoms with Gasteiger partial charge in [0.05, 0.1) is 0 Å². The Hall–Kier alpha value is -0.770. The van der Waals surface area contributed by atoms with Crippen molar-refractivity contribution in [3.63, 3.8) is 0 Å². The van der Waals surface area contributed by atoms with Gasteiger partial charge in [0, 0.05) is 6.92 Å². The highest BCUT2D eigenvalue weighted by molar-refractivity contribution is 6.65. The number of aliphatic hydroxyl groups excluding tert-OH is 4. The third kappa shape index (κ3) is 8.34. The summed E-state index contributed by atoms with van der Waals surface area (Å²) in [6, 6.07) is 0. The van der Waals surface area contributed by atoms with Crippen LogP contribution in [0.3, 0.4) is 0 Å². The van der Waals surface area contributed by atoms with Gasteiger partial charge >= 0.3 is 0 Å². The number of aliphatic carboxylic acids is 1. The van der Waals surface area contributed by atoms with Crippen LogP contribution in [0.1, 0.15) is 6.92 Å². The summed E-state index contributed by atoms with van der Waals surface area (Å²) in [6.07, 6.45) is -8.37. The zero-order valence-corrected chi connectivity index (χ0v) is 10.5. The number of carboxylic acid groups (broad SMARTS) is 1. The molecule has 4 unspecified atom stereocenters. The van der Waals surface area contributed by atoms with Gasteiger partial charge in [-0.15, -0.1) is 0 Å². The van der Waals surface area contributed by atoms with Crippen LogP contribution in [0.15, 0.2) is 0 Å². The largest absolute Gasteiger partial charge is 0.481 e. The van der Waals surface area contributed by atoms with Crippen LogP contribution in [0.2, 0.25) is 0 Å². The Kier molecular flexibility index (Phi) is 10.00. The van der Waals surface area contributed by atoms with Crippen LogP contribution in [-0.2, 0) is 14.4 Å². The second kappa shape index (κ2) is 9.20. The van der Waals surface area contributed by atoms with E-state index in [1.165, 1.54) is 0 Å². The van der Waals surface area contributed by atoms with E-state index in [4.69, 9.17) is 53.5 Å². The Morgan fingerprint density at radius 3 is 1.11 bits per heavy atom. The highest BCUT2D eigenvalue weighted by Gasteiger charge is 2.36. The quantitative estimate of drug-likeness (QED) is 0.367. The molecule has 0 amide bonds. The summed E-state index contributed by atoms with van der Waals surface area (Å²) in [4.78, 5) is 29.7. The summed E-state index contributed by atoms with van der Waals surface area (Å²) in [6.45, 7) is 1.08. The number of carbonyl (C=O) groups is 3. The molecule has 0 bridgehead atoms. The van der Waals surface area contributed by atoms with Crippen molar-refractivity contribution < 1.29 is 39.9 Å². The van der Waals surface area contributed by atoms with Crippen LogP contribution >= 0.6 is 23.2 Å². The van der Waals surface area contributed by atoms with Gasteiger partial charge in [-0.05, 0) is 23.2 Å². The monoisotopic (exact) mass is 306 g/mol. The van der Waals surface area contributed by atoms with Crippen molar-refractivity contribution in [2.45, 2.75) is 31.3 Å². The fourth-order valence-electron chi connectivity index (χ4n) is 0.642. The molecule has 8 nitrogen and oxygen atoms in total. The van der Waals surface area contributed by atoms with Crippen molar-refractivity contribution in [1.29, 1.82) is 0 Å². The van der Waals surface area contributed by atoms with Gasteiger partial charge in [0.15, 0.2) is 12.2 Å². The first kappa shape index (κ1) is 19.6. The molecule has 0 aliphatic carbocycles. The molecule has 106 valence electrons. The Bertz CT molecular complexity index is 279. The molecule has 5 N–H and O–H groups in total. The highest BCUT2D eigenvalue weighted by atomic mass is 35.5. The molecule has 0 aromatic rings. The molecule has 4 atom stereocenters. The fourth-order valence-corrected chi connectivity index (χ4v) is 0.900. The Morgan fingerprint density at radius 1 is 0.833 bits per heavy atom. The molecule has 0 saturated heterocycles. The number of aliphatic hydroxyl groups is 4. The van der Waals surface area contributed by atoms with E-state index in [0.717, 1.165) is 6.92 Å². The fraction of sp³-hybridized carbons (Fsp3) is 0.625. The van der Waals surface area contributed by atoms with Crippen molar-refractivity contribution in [1.82, 2.24) is 0 Å². The van der Waals surface area contributed by atoms with Gasteiger partial charge in [-0.25, -0.2) is 0 Å². The van der Waals surface area contributed by atoms with Gasteiger partial charge in [0.1, 0.15) is 12.2 Å². The summed E-state index contributed by atoms with van der Waals surface area (Å²) < 4.78 is 0. The standard InChI is InChI=1S/C6H8Cl2O6.C2H4O2/c7-5(13)3(11)1(9)2(10)4(12)6(8)14;1-2(3)4/h1-4,9-12H;1H3,(H,3,4). The molecule has 0 aromatic carbocycles. The normalized spacial score (nSPS) is 16.6. The van der Waals surface area contributed by atoms with E-state index < -0.39 is 40.9 Å². The minimum absolute atomic E-state index is 0.833. The van der Waals surface area contributed by atoms with Gasteiger partial charge in [-0.1, -0.05) is 0 Å². The highest BCUT2D eigenvalue weighted by Crippen LogP contribution is 2.09. The molecule has 10 heteroatoms. The van der Waals surface area contributed by atoms with Crippen LogP contribution < -0.4 is 0 Å². The van der Waals surface area contributed by atoms with Crippen LogP contribution in [0.25, 0.3) is 0 Å². The lowest BCUT2D eigenvalue weighted by molar-refractivity contribution is -0.145. The van der Waals surface area contributed by atoms with E-state index >= 15 is 0 Å². The third-order valence-electron chi connectivity index (χ3n) is 1.46. The molecule has 0 saturated carbocycles. The maximum Gasteiger partial charge on any atom is 0.300 e. The summed E-state index contributed by atoms with van der Waals surface area (Å²) in [5, 5.41) is 40.4. The molecule has 0 aromatic heterocycles. The van der Waals surface area contributed by atoms with Crippen molar-refractivity contribution in [2.24, 2.45) is 0 Å². The molecule has 0 rings (SSSR count). The van der Waals surface area contributed by atoms with E-state index in [-0.39, 0.29) is 0 Å². The Morgan fingerprint density at radius 2 is 1.00 bits per heavy atom. The maximum atomic E-state index is 10.3. The number of halogens is 2. The summed E-state index contributed by atoms with van der Waals surface area (Å²) in [5.41, 5.74) is 0. The SMILES string of the molecule is CC(=O)O.O=C(Cl)C(O)C(O)C(O)C(O)C(=O)Cl. The molecular weight excluding hydrogens is 295 g/mol. The third-order valence-corrected chi connectivity index (χ3v) is 1.91. The Labute approximate surface area is 111 Å². The number of hydrogen-bond donors (Lipinski definition) is 5. The van der Waals surface area contributed by atoms with Gasteiger partial charge in [0.2, 0.25) is 0 Å². The lowest BCUT2D eigenvalue weighted by Gasteiger charge is -2.22. The van der Waals surface area contributed by atoms with Crippen molar-refractivity contribution in [2.75, 3.05) is 0 Å². The average Bonchev–Trinajstić information content (AvgIpc) is 2.23. The minimum Gasteiger partial charge on any atom is -0.481 e.